The Morgan fingerprint density at radius 1 is 1.11 bits per heavy atom. The van der Waals surface area contributed by atoms with Crippen LogP contribution in [0.1, 0.15) is 31.9 Å². The van der Waals surface area contributed by atoms with E-state index < -0.39 is 10.0 Å². The SMILES string of the molecule is CC(C)CC(NC(=S)Nc1cccc(N(C)S(C)(=O)=O)c1)c1ccccc1. The second-order valence-corrected chi connectivity index (χ2v) is 9.39. The molecule has 0 amide bonds. The predicted octanol–water partition coefficient (Wildman–Crippen LogP) is 4.16. The van der Waals surface area contributed by atoms with Crippen LogP contribution < -0.4 is 14.9 Å². The molecular formula is C20H27N3O2S2. The third-order valence-corrected chi connectivity index (χ3v) is 5.61. The predicted molar refractivity (Wildman–Crippen MR) is 118 cm³/mol. The Morgan fingerprint density at radius 2 is 1.78 bits per heavy atom. The summed E-state index contributed by atoms with van der Waals surface area (Å²) in [6, 6.07) is 17.5. The summed E-state index contributed by atoms with van der Waals surface area (Å²) in [5, 5.41) is 7.04. The summed E-state index contributed by atoms with van der Waals surface area (Å²) in [5.41, 5.74) is 2.49. The zero-order chi connectivity index (χ0) is 20.0. The van der Waals surface area contributed by atoms with Gasteiger partial charge in [0.05, 0.1) is 18.0 Å². The van der Waals surface area contributed by atoms with Gasteiger partial charge in [0, 0.05) is 12.7 Å². The molecule has 0 saturated carbocycles. The third-order valence-electron chi connectivity index (χ3n) is 4.18. The lowest BCUT2D eigenvalue weighted by Crippen LogP contribution is -2.33. The van der Waals surface area contributed by atoms with Crippen LogP contribution in [0.15, 0.2) is 54.6 Å². The molecule has 146 valence electrons. The van der Waals surface area contributed by atoms with Crippen molar-refractivity contribution in [2.24, 2.45) is 5.92 Å². The number of anilines is 2. The lowest BCUT2D eigenvalue weighted by molar-refractivity contribution is 0.481. The molecule has 27 heavy (non-hydrogen) atoms. The molecule has 0 aromatic heterocycles. The molecule has 2 rings (SSSR count). The summed E-state index contributed by atoms with van der Waals surface area (Å²) in [6.07, 6.45) is 2.12. The van der Waals surface area contributed by atoms with Crippen molar-refractivity contribution < 1.29 is 8.42 Å². The molecule has 0 aliphatic heterocycles. The Kier molecular flexibility index (Phi) is 7.21. The van der Waals surface area contributed by atoms with Crippen LogP contribution in [0.5, 0.6) is 0 Å². The number of nitrogens with zero attached hydrogens (tertiary/aromatic N) is 1. The Labute approximate surface area is 167 Å². The Bertz CT molecular complexity index is 868. The van der Waals surface area contributed by atoms with Crippen molar-refractivity contribution in [1.82, 2.24) is 5.32 Å². The van der Waals surface area contributed by atoms with Gasteiger partial charge in [-0.2, -0.15) is 0 Å². The van der Waals surface area contributed by atoms with E-state index in [-0.39, 0.29) is 6.04 Å². The van der Waals surface area contributed by atoms with Crippen LogP contribution in [-0.2, 0) is 10.0 Å². The van der Waals surface area contributed by atoms with Gasteiger partial charge in [0.25, 0.3) is 0 Å². The fourth-order valence-corrected chi connectivity index (χ4v) is 3.49. The van der Waals surface area contributed by atoms with Crippen molar-refractivity contribution in [3.8, 4) is 0 Å². The summed E-state index contributed by atoms with van der Waals surface area (Å²) in [4.78, 5) is 0. The van der Waals surface area contributed by atoms with Crippen LogP contribution in [-0.4, -0.2) is 26.8 Å². The molecule has 0 saturated heterocycles. The van der Waals surface area contributed by atoms with Gasteiger partial charge in [0.15, 0.2) is 5.11 Å². The zero-order valence-electron chi connectivity index (χ0n) is 16.1. The second-order valence-electron chi connectivity index (χ2n) is 6.97. The van der Waals surface area contributed by atoms with E-state index in [1.165, 1.54) is 23.2 Å². The lowest BCUT2D eigenvalue weighted by atomic mass is 9.97. The van der Waals surface area contributed by atoms with Crippen molar-refractivity contribution >= 4 is 38.7 Å². The first-order valence-electron chi connectivity index (χ1n) is 8.83. The number of rotatable bonds is 7. The highest BCUT2D eigenvalue weighted by Crippen LogP contribution is 2.23. The van der Waals surface area contributed by atoms with Crippen LogP contribution in [0.3, 0.4) is 0 Å². The largest absolute Gasteiger partial charge is 0.356 e. The Morgan fingerprint density at radius 3 is 2.37 bits per heavy atom. The summed E-state index contributed by atoms with van der Waals surface area (Å²) in [7, 11) is -1.79. The Hall–Kier alpha value is -2.12. The highest BCUT2D eigenvalue weighted by atomic mass is 32.2. The van der Waals surface area contributed by atoms with Crippen LogP contribution >= 0.6 is 12.2 Å². The number of hydrogen-bond donors (Lipinski definition) is 2. The van der Waals surface area contributed by atoms with E-state index in [4.69, 9.17) is 12.2 Å². The fraction of sp³-hybridized carbons (Fsp3) is 0.350. The lowest BCUT2D eigenvalue weighted by Gasteiger charge is -2.23. The number of benzene rings is 2. The molecule has 0 aliphatic rings. The van der Waals surface area contributed by atoms with Crippen molar-refractivity contribution in [3.63, 3.8) is 0 Å². The zero-order valence-corrected chi connectivity index (χ0v) is 17.8. The van der Waals surface area contributed by atoms with Gasteiger partial charge in [-0.05, 0) is 48.3 Å². The molecule has 1 atom stereocenters. The van der Waals surface area contributed by atoms with Crippen molar-refractivity contribution in [1.29, 1.82) is 0 Å². The summed E-state index contributed by atoms with van der Waals surface area (Å²) >= 11 is 5.49. The molecule has 2 aromatic rings. The highest BCUT2D eigenvalue weighted by molar-refractivity contribution is 7.92. The number of hydrogen-bond acceptors (Lipinski definition) is 3. The van der Waals surface area contributed by atoms with E-state index in [0.717, 1.165) is 12.1 Å². The molecule has 0 spiro atoms. The molecule has 2 N–H and O–H groups in total. The summed E-state index contributed by atoms with van der Waals surface area (Å²) in [6.45, 7) is 4.36. The van der Waals surface area contributed by atoms with Crippen LogP contribution in [0.4, 0.5) is 11.4 Å². The van der Waals surface area contributed by atoms with E-state index in [1.54, 1.807) is 18.2 Å². The molecular weight excluding hydrogens is 378 g/mol. The van der Waals surface area contributed by atoms with E-state index in [9.17, 15) is 8.42 Å². The molecule has 2 aromatic carbocycles. The molecule has 5 nitrogen and oxygen atoms in total. The minimum Gasteiger partial charge on any atom is -0.356 e. The monoisotopic (exact) mass is 405 g/mol. The fourth-order valence-electron chi connectivity index (χ4n) is 2.73. The van der Waals surface area contributed by atoms with Crippen LogP contribution in [0.25, 0.3) is 0 Å². The first-order valence-corrected chi connectivity index (χ1v) is 11.1. The minimum atomic E-state index is -3.31. The minimum absolute atomic E-state index is 0.105. The molecule has 1 unspecified atom stereocenters. The number of nitrogens with one attached hydrogen (secondary N) is 2. The quantitative estimate of drug-likeness (QED) is 0.678. The smallest absolute Gasteiger partial charge is 0.231 e. The summed E-state index contributed by atoms with van der Waals surface area (Å²) in [5.74, 6) is 0.511. The number of sulfonamides is 1. The van der Waals surface area contributed by atoms with Crippen LogP contribution in [0.2, 0.25) is 0 Å². The topological polar surface area (TPSA) is 61.4 Å². The van der Waals surface area contributed by atoms with Gasteiger partial charge in [0.1, 0.15) is 0 Å². The average molecular weight is 406 g/mol. The third kappa shape index (κ3) is 6.52. The molecule has 0 fully saturated rings. The van der Waals surface area contributed by atoms with Gasteiger partial charge in [-0.3, -0.25) is 4.31 Å². The second kappa shape index (κ2) is 9.19. The molecule has 0 radical (unpaired) electrons. The average Bonchev–Trinajstić information content (AvgIpc) is 2.60. The molecule has 0 bridgehead atoms. The maximum absolute atomic E-state index is 11.7. The maximum atomic E-state index is 11.7. The van der Waals surface area contributed by atoms with Gasteiger partial charge in [-0.15, -0.1) is 0 Å². The molecule has 0 heterocycles. The van der Waals surface area contributed by atoms with Crippen molar-refractivity contribution in [2.75, 3.05) is 22.9 Å². The van der Waals surface area contributed by atoms with Gasteiger partial charge in [-0.25, -0.2) is 8.42 Å². The standard InChI is InChI=1S/C20H27N3O2S2/c1-15(2)13-19(16-9-6-5-7-10-16)22-20(26)21-17-11-8-12-18(14-17)23(3)27(4,24)25/h5-12,14-15,19H,13H2,1-4H3,(H2,21,22,26). The van der Waals surface area contributed by atoms with Crippen molar-refractivity contribution in [3.05, 3.63) is 60.2 Å². The first-order chi connectivity index (χ1) is 12.7. The van der Waals surface area contributed by atoms with Gasteiger partial charge in [-0.1, -0.05) is 50.2 Å². The van der Waals surface area contributed by atoms with E-state index in [1.807, 2.05) is 24.3 Å². The van der Waals surface area contributed by atoms with Gasteiger partial charge >= 0.3 is 0 Å². The normalized spacial score (nSPS) is 12.5. The van der Waals surface area contributed by atoms with E-state index in [0.29, 0.717) is 16.7 Å². The highest BCUT2D eigenvalue weighted by Gasteiger charge is 2.15. The van der Waals surface area contributed by atoms with E-state index in [2.05, 4.69) is 36.6 Å². The molecule has 7 heteroatoms. The van der Waals surface area contributed by atoms with Crippen LogP contribution in [0, 0.1) is 5.92 Å². The Balaban J connectivity index is 2.11. The van der Waals surface area contributed by atoms with Gasteiger partial charge in [0.2, 0.25) is 10.0 Å². The number of thiocarbonyl (C=S) groups is 1. The molecule has 0 aliphatic carbocycles. The summed E-state index contributed by atoms with van der Waals surface area (Å²) < 4.78 is 24.7. The van der Waals surface area contributed by atoms with E-state index >= 15 is 0 Å². The first kappa shape index (κ1) is 21.2. The maximum Gasteiger partial charge on any atom is 0.231 e. The van der Waals surface area contributed by atoms with Gasteiger partial charge < -0.3 is 10.6 Å². The van der Waals surface area contributed by atoms with Crippen molar-refractivity contribution in [2.45, 2.75) is 26.3 Å².